The van der Waals surface area contributed by atoms with Crippen molar-refractivity contribution in [1.82, 2.24) is 0 Å². The van der Waals surface area contributed by atoms with Crippen molar-refractivity contribution in [1.29, 1.82) is 0 Å². The normalized spacial score (nSPS) is 9.62. The molecule has 0 aliphatic heterocycles. The smallest absolute Gasteiger partial charge is 0.411 e. The predicted octanol–water partition coefficient (Wildman–Crippen LogP) is 2.15. The number of anilines is 1. The lowest BCUT2D eigenvalue weighted by atomic mass is 10.1. The van der Waals surface area contributed by atoms with Crippen LogP contribution >= 0.6 is 15.9 Å². The first-order valence-electron chi connectivity index (χ1n) is 4.35. The number of alkyl halides is 1. The number of carbonyl (C=O) groups excluding carboxylic acids is 2. The van der Waals surface area contributed by atoms with E-state index in [1.165, 1.54) is 25.3 Å². The van der Waals surface area contributed by atoms with Crippen molar-refractivity contribution in [2.24, 2.45) is 0 Å². The molecule has 0 saturated heterocycles. The second kappa shape index (κ2) is 5.50. The molecular formula is C10H10BrNO4. The van der Waals surface area contributed by atoms with Crippen molar-refractivity contribution in [2.75, 3.05) is 17.8 Å². The predicted molar refractivity (Wildman–Crippen MR) is 62.3 cm³/mol. The third kappa shape index (κ3) is 2.96. The monoisotopic (exact) mass is 287 g/mol. The molecule has 0 aliphatic carbocycles. The molecule has 1 aromatic carbocycles. The Balaban J connectivity index is 2.91. The summed E-state index contributed by atoms with van der Waals surface area (Å²) < 4.78 is 4.39. The summed E-state index contributed by atoms with van der Waals surface area (Å²) in [6.07, 6.45) is -0.640. The first-order chi connectivity index (χ1) is 7.58. The lowest BCUT2D eigenvalue weighted by molar-refractivity contribution is 0.102. The number of rotatable bonds is 3. The number of halogens is 1. The molecule has 0 heterocycles. The summed E-state index contributed by atoms with van der Waals surface area (Å²) in [4.78, 5) is 22.2. The number of nitrogens with one attached hydrogen (secondary N) is 1. The van der Waals surface area contributed by atoms with E-state index in [1.54, 1.807) is 0 Å². The first kappa shape index (κ1) is 12.5. The van der Waals surface area contributed by atoms with E-state index in [4.69, 9.17) is 0 Å². The number of ether oxygens (including phenoxy) is 1. The average Bonchev–Trinajstić information content (AvgIpc) is 2.28. The Hall–Kier alpha value is -1.56. The molecule has 0 atom stereocenters. The standard InChI is InChI=1S/C10H10BrNO4/c1-16-10(15)12-6-2-3-7(8(13)4-6)9(14)5-11/h2-4,13H,5H2,1H3,(H,12,15). The SMILES string of the molecule is COC(=O)Nc1ccc(C(=O)CBr)c(O)c1. The van der Waals surface area contributed by atoms with Crippen LogP contribution < -0.4 is 5.32 Å². The van der Waals surface area contributed by atoms with Gasteiger partial charge in [-0.1, -0.05) is 15.9 Å². The van der Waals surface area contributed by atoms with Gasteiger partial charge >= 0.3 is 6.09 Å². The van der Waals surface area contributed by atoms with Gasteiger partial charge in [-0.15, -0.1) is 0 Å². The van der Waals surface area contributed by atoms with Crippen LogP contribution in [-0.4, -0.2) is 29.4 Å². The molecular weight excluding hydrogens is 278 g/mol. The Labute approximate surface area is 101 Å². The number of Topliss-reactive ketones (excluding diaryl/α,β-unsaturated/α-hetero) is 1. The zero-order valence-electron chi connectivity index (χ0n) is 8.49. The van der Waals surface area contributed by atoms with Crippen molar-refractivity contribution < 1.29 is 19.4 Å². The van der Waals surface area contributed by atoms with Crippen LogP contribution in [0, 0.1) is 0 Å². The molecule has 0 spiro atoms. The minimum absolute atomic E-state index is 0.129. The highest BCUT2D eigenvalue weighted by atomic mass is 79.9. The number of methoxy groups -OCH3 is 1. The molecule has 16 heavy (non-hydrogen) atoms. The number of carbonyl (C=O) groups is 2. The van der Waals surface area contributed by atoms with Crippen molar-refractivity contribution in [3.05, 3.63) is 23.8 Å². The van der Waals surface area contributed by atoms with Crippen molar-refractivity contribution in [3.63, 3.8) is 0 Å². The third-order valence-electron chi connectivity index (χ3n) is 1.85. The van der Waals surface area contributed by atoms with Crippen molar-refractivity contribution in [3.8, 4) is 5.75 Å². The number of hydrogen-bond acceptors (Lipinski definition) is 4. The van der Waals surface area contributed by atoms with E-state index in [2.05, 4.69) is 26.0 Å². The van der Waals surface area contributed by atoms with Crippen LogP contribution in [0.5, 0.6) is 5.75 Å². The molecule has 0 bridgehead atoms. The number of aromatic hydroxyl groups is 1. The summed E-state index contributed by atoms with van der Waals surface area (Å²) in [6, 6.07) is 4.23. The minimum atomic E-state index is -0.640. The van der Waals surface area contributed by atoms with E-state index < -0.39 is 6.09 Å². The highest BCUT2D eigenvalue weighted by Crippen LogP contribution is 2.22. The molecule has 0 radical (unpaired) electrons. The van der Waals surface area contributed by atoms with Gasteiger partial charge in [0.25, 0.3) is 0 Å². The minimum Gasteiger partial charge on any atom is -0.507 e. The van der Waals surface area contributed by atoms with E-state index in [-0.39, 0.29) is 22.4 Å². The zero-order valence-corrected chi connectivity index (χ0v) is 10.1. The second-order valence-electron chi connectivity index (χ2n) is 2.91. The van der Waals surface area contributed by atoms with Gasteiger partial charge in [0.2, 0.25) is 0 Å². The highest BCUT2D eigenvalue weighted by molar-refractivity contribution is 9.09. The molecule has 5 nitrogen and oxygen atoms in total. The molecule has 1 amide bonds. The van der Waals surface area contributed by atoms with Crippen LogP contribution in [0.15, 0.2) is 18.2 Å². The Morgan fingerprint density at radius 1 is 1.50 bits per heavy atom. The lowest BCUT2D eigenvalue weighted by Gasteiger charge is -2.06. The van der Waals surface area contributed by atoms with E-state index in [1.807, 2.05) is 0 Å². The fraction of sp³-hybridized carbons (Fsp3) is 0.200. The molecule has 0 aliphatic rings. The Morgan fingerprint density at radius 3 is 2.69 bits per heavy atom. The quantitative estimate of drug-likeness (QED) is 0.660. The second-order valence-corrected chi connectivity index (χ2v) is 3.47. The zero-order chi connectivity index (χ0) is 12.1. The van der Waals surface area contributed by atoms with Crippen molar-refractivity contribution >= 4 is 33.5 Å². The molecule has 0 aromatic heterocycles. The van der Waals surface area contributed by atoms with Crippen LogP contribution in [0.1, 0.15) is 10.4 Å². The maximum Gasteiger partial charge on any atom is 0.411 e. The number of benzene rings is 1. The molecule has 0 fully saturated rings. The summed E-state index contributed by atoms with van der Waals surface area (Å²) in [5, 5.41) is 12.0. The van der Waals surface area contributed by atoms with Crippen LogP contribution in [0.2, 0.25) is 0 Å². The molecule has 1 aromatic rings. The van der Waals surface area contributed by atoms with E-state index in [0.29, 0.717) is 5.69 Å². The highest BCUT2D eigenvalue weighted by Gasteiger charge is 2.11. The first-order valence-corrected chi connectivity index (χ1v) is 5.47. The van der Waals surface area contributed by atoms with E-state index in [9.17, 15) is 14.7 Å². The van der Waals surface area contributed by atoms with Crippen LogP contribution in [0.25, 0.3) is 0 Å². The van der Waals surface area contributed by atoms with Gasteiger partial charge in [0.05, 0.1) is 18.0 Å². The molecule has 2 N–H and O–H groups in total. The van der Waals surface area contributed by atoms with Gasteiger partial charge in [-0.3, -0.25) is 10.1 Å². The van der Waals surface area contributed by atoms with Gasteiger partial charge in [-0.05, 0) is 12.1 Å². The van der Waals surface area contributed by atoms with Crippen LogP contribution in [0.4, 0.5) is 10.5 Å². The van der Waals surface area contributed by atoms with Gasteiger partial charge in [0.15, 0.2) is 5.78 Å². The number of amides is 1. The van der Waals surface area contributed by atoms with E-state index >= 15 is 0 Å². The Bertz CT molecular complexity index is 419. The molecule has 1 rings (SSSR count). The average molecular weight is 288 g/mol. The maximum atomic E-state index is 11.3. The summed E-state index contributed by atoms with van der Waals surface area (Å²) in [5.41, 5.74) is 0.558. The van der Waals surface area contributed by atoms with E-state index in [0.717, 1.165) is 0 Å². The van der Waals surface area contributed by atoms with Crippen molar-refractivity contribution in [2.45, 2.75) is 0 Å². The van der Waals surface area contributed by atoms with Crippen LogP contribution in [-0.2, 0) is 4.74 Å². The molecule has 6 heteroatoms. The van der Waals surface area contributed by atoms with Gasteiger partial charge in [0, 0.05) is 11.8 Å². The summed E-state index contributed by atoms with van der Waals surface area (Å²) in [5.74, 6) is -0.416. The molecule has 86 valence electrons. The topological polar surface area (TPSA) is 75.6 Å². The van der Waals surface area contributed by atoms with Gasteiger partial charge < -0.3 is 9.84 Å². The molecule has 0 saturated carbocycles. The summed E-state index contributed by atoms with van der Waals surface area (Å²) >= 11 is 3.01. The number of phenols is 1. The van der Waals surface area contributed by atoms with Gasteiger partial charge in [-0.2, -0.15) is 0 Å². The number of hydrogen-bond donors (Lipinski definition) is 2. The Kier molecular flexibility index (Phi) is 4.30. The number of phenolic OH excluding ortho intramolecular Hbond substituents is 1. The third-order valence-corrected chi connectivity index (χ3v) is 2.36. The lowest BCUT2D eigenvalue weighted by Crippen LogP contribution is -2.11. The number of ketones is 1. The van der Waals surface area contributed by atoms with Gasteiger partial charge in [0.1, 0.15) is 5.75 Å². The summed E-state index contributed by atoms with van der Waals surface area (Å²) in [6.45, 7) is 0. The molecule has 0 unspecified atom stereocenters. The van der Waals surface area contributed by atoms with Gasteiger partial charge in [-0.25, -0.2) is 4.79 Å². The fourth-order valence-corrected chi connectivity index (χ4v) is 1.39. The fourth-order valence-electron chi connectivity index (χ4n) is 1.09. The largest absolute Gasteiger partial charge is 0.507 e. The maximum absolute atomic E-state index is 11.3. The Morgan fingerprint density at radius 2 is 2.19 bits per heavy atom. The summed E-state index contributed by atoms with van der Waals surface area (Å²) in [7, 11) is 1.23. The van der Waals surface area contributed by atoms with Crippen LogP contribution in [0.3, 0.4) is 0 Å².